The minimum atomic E-state index is -0.976. The molecule has 1 heterocycles. The number of thioether (sulfide) groups is 1. The van der Waals surface area contributed by atoms with Crippen LogP contribution in [0.25, 0.3) is 0 Å². The fraction of sp³-hybridized carbons (Fsp3) is 0.613. The zero-order valence-electron chi connectivity index (χ0n) is 24.8. The largest absolute Gasteiger partial charge is 0.481 e. The molecule has 3 fully saturated rings. The van der Waals surface area contributed by atoms with Crippen LogP contribution in [0.3, 0.4) is 0 Å². The number of carboxylic acid groups (broad SMARTS) is 1. The Morgan fingerprint density at radius 1 is 0.953 bits per heavy atom. The van der Waals surface area contributed by atoms with E-state index in [-0.39, 0.29) is 48.9 Å². The van der Waals surface area contributed by atoms with Gasteiger partial charge in [-0.05, 0) is 64.0 Å². The zero-order chi connectivity index (χ0) is 30.8. The summed E-state index contributed by atoms with van der Waals surface area (Å²) in [4.78, 5) is 55.5. The van der Waals surface area contributed by atoms with Crippen LogP contribution >= 0.6 is 11.8 Å². The van der Waals surface area contributed by atoms with Gasteiger partial charge in [0, 0.05) is 42.7 Å². The Morgan fingerprint density at radius 2 is 1.60 bits per heavy atom. The highest BCUT2D eigenvalue weighted by Crippen LogP contribution is 2.38. The van der Waals surface area contributed by atoms with Crippen LogP contribution < -0.4 is 10.6 Å². The average Bonchev–Trinajstić information content (AvgIpc) is 3.63. The Balaban J connectivity index is 1.30. The molecule has 234 valence electrons. The second-order valence-electron chi connectivity index (χ2n) is 11.5. The lowest BCUT2D eigenvalue weighted by Crippen LogP contribution is -2.46. The summed E-state index contributed by atoms with van der Waals surface area (Å²) in [5.41, 5.74) is 0.993. The third kappa shape index (κ3) is 9.29. The van der Waals surface area contributed by atoms with Gasteiger partial charge in [0.15, 0.2) is 5.17 Å². The molecule has 1 aromatic rings. The molecular weight excluding hydrogens is 570 g/mol. The highest BCUT2D eigenvalue weighted by atomic mass is 32.2. The second-order valence-corrected chi connectivity index (χ2v) is 12.6. The molecule has 0 aromatic heterocycles. The molecule has 1 saturated heterocycles. The van der Waals surface area contributed by atoms with Gasteiger partial charge >= 0.3 is 11.9 Å². The fourth-order valence-electron chi connectivity index (χ4n) is 5.92. The van der Waals surface area contributed by atoms with Gasteiger partial charge in [-0.25, -0.2) is 0 Å². The summed E-state index contributed by atoms with van der Waals surface area (Å²) in [7, 11) is 0. The third-order valence-corrected chi connectivity index (χ3v) is 9.65. The normalized spacial score (nSPS) is 22.0. The number of nitrogens with one attached hydrogen (secondary N) is 3. The summed E-state index contributed by atoms with van der Waals surface area (Å²) in [6, 6.07) is 6.67. The van der Waals surface area contributed by atoms with Crippen LogP contribution in [0.15, 0.2) is 29.3 Å². The number of nitrogens with zero attached hydrogens (tertiary/aromatic N) is 2. The maximum absolute atomic E-state index is 13.2. The van der Waals surface area contributed by atoms with Crippen molar-refractivity contribution in [2.45, 2.75) is 107 Å². The first kappa shape index (κ1) is 32.5. The van der Waals surface area contributed by atoms with Gasteiger partial charge in [-0.15, -0.1) is 0 Å². The zero-order valence-corrected chi connectivity index (χ0v) is 25.6. The number of rotatable bonds is 12. The van der Waals surface area contributed by atoms with Crippen LogP contribution in [0.2, 0.25) is 0 Å². The monoisotopic (exact) mass is 613 g/mol. The van der Waals surface area contributed by atoms with E-state index in [1.165, 1.54) is 18.2 Å². The van der Waals surface area contributed by atoms with Crippen molar-refractivity contribution in [3.63, 3.8) is 0 Å². The molecule has 2 aliphatic carbocycles. The number of amides is 2. The van der Waals surface area contributed by atoms with Crippen molar-refractivity contribution in [3.8, 4) is 0 Å². The summed E-state index contributed by atoms with van der Waals surface area (Å²) in [5, 5.41) is 23.0. The fourth-order valence-corrected chi connectivity index (χ4v) is 7.24. The quantitative estimate of drug-likeness (QED) is 0.118. The van der Waals surface area contributed by atoms with Crippen LogP contribution in [0.1, 0.15) is 99.9 Å². The molecule has 1 aromatic carbocycles. The summed E-state index contributed by atoms with van der Waals surface area (Å²) >= 11 is 1.25. The van der Waals surface area contributed by atoms with Crippen LogP contribution in [-0.4, -0.2) is 81.3 Å². The Morgan fingerprint density at radius 3 is 2.28 bits per heavy atom. The SMILES string of the molecule is CC1C(C(=O)NCCC(=O)O)SC(=NC(=O)c2ccc(C(=N)NCCCC(=O)OC3CCCCC3)cc2)N1C1CCCC1. The Kier molecular flexibility index (Phi) is 12.0. The van der Waals surface area contributed by atoms with Gasteiger partial charge in [0.2, 0.25) is 5.91 Å². The van der Waals surface area contributed by atoms with Crippen molar-refractivity contribution in [2.75, 3.05) is 13.1 Å². The van der Waals surface area contributed by atoms with E-state index in [4.69, 9.17) is 15.3 Å². The van der Waals surface area contributed by atoms with Crippen molar-refractivity contribution in [1.82, 2.24) is 15.5 Å². The van der Waals surface area contributed by atoms with Gasteiger partial charge in [-0.1, -0.05) is 43.2 Å². The number of esters is 1. The van der Waals surface area contributed by atoms with Crippen molar-refractivity contribution >= 4 is 46.5 Å². The first-order chi connectivity index (χ1) is 20.7. The number of benzene rings is 1. The standard InChI is InChI=1S/C31H43N5O6S/c1-20-27(30(41)34-19-17-25(37)38)43-31(36(20)23-8-5-6-9-23)35-29(40)22-15-13-21(14-16-22)28(32)33-18-7-12-26(39)42-24-10-3-2-4-11-24/h13-16,20,23-24,27H,2-12,17-19H2,1H3,(H2,32,33)(H,34,41)(H,37,38). The number of hydrogen-bond acceptors (Lipinski definition) is 7. The molecule has 2 saturated carbocycles. The van der Waals surface area contributed by atoms with Crippen LogP contribution in [-0.2, 0) is 19.1 Å². The van der Waals surface area contributed by atoms with Crippen LogP contribution in [0, 0.1) is 5.41 Å². The number of carboxylic acids is 1. The third-order valence-electron chi connectivity index (χ3n) is 8.27. The molecule has 0 radical (unpaired) electrons. The molecule has 0 bridgehead atoms. The topological polar surface area (TPSA) is 161 Å². The Labute approximate surface area is 257 Å². The van der Waals surface area contributed by atoms with Gasteiger partial charge in [0.05, 0.1) is 6.42 Å². The maximum Gasteiger partial charge on any atom is 0.306 e. The average molecular weight is 614 g/mol. The van der Waals surface area contributed by atoms with Gasteiger partial charge in [0.25, 0.3) is 5.91 Å². The van der Waals surface area contributed by atoms with E-state index in [0.29, 0.717) is 35.7 Å². The van der Waals surface area contributed by atoms with E-state index in [2.05, 4.69) is 20.5 Å². The number of aliphatic carboxylic acids is 1. The maximum atomic E-state index is 13.2. The first-order valence-electron chi connectivity index (χ1n) is 15.4. The van der Waals surface area contributed by atoms with E-state index in [9.17, 15) is 19.2 Å². The lowest BCUT2D eigenvalue weighted by Gasteiger charge is -2.31. The van der Waals surface area contributed by atoms with Gasteiger partial charge < -0.3 is 25.4 Å². The Hall–Kier alpha value is -3.41. The van der Waals surface area contributed by atoms with Gasteiger partial charge in [-0.2, -0.15) is 4.99 Å². The number of aliphatic imine (C=N–C) groups is 1. The molecule has 0 spiro atoms. The molecule has 11 nitrogen and oxygen atoms in total. The van der Waals surface area contributed by atoms with Crippen LogP contribution in [0.4, 0.5) is 0 Å². The summed E-state index contributed by atoms with van der Waals surface area (Å²) in [6.45, 7) is 2.47. The predicted octanol–water partition coefficient (Wildman–Crippen LogP) is 4.09. The number of ether oxygens (including phenoxy) is 1. The summed E-state index contributed by atoms with van der Waals surface area (Å²) in [5.74, 6) is -1.63. The van der Waals surface area contributed by atoms with E-state index < -0.39 is 17.1 Å². The van der Waals surface area contributed by atoms with Crippen molar-refractivity contribution < 1.29 is 29.0 Å². The molecule has 3 aliphatic rings. The summed E-state index contributed by atoms with van der Waals surface area (Å²) in [6.07, 6.45) is 10.2. The van der Waals surface area contributed by atoms with E-state index in [0.717, 1.165) is 51.4 Å². The van der Waals surface area contributed by atoms with Crippen LogP contribution in [0.5, 0.6) is 0 Å². The molecule has 43 heavy (non-hydrogen) atoms. The smallest absolute Gasteiger partial charge is 0.306 e. The van der Waals surface area contributed by atoms with E-state index in [1.807, 2.05) is 6.92 Å². The van der Waals surface area contributed by atoms with Gasteiger partial charge in [-0.3, -0.25) is 24.6 Å². The molecule has 1 aliphatic heterocycles. The molecule has 4 N–H and O–H groups in total. The number of carbonyl (C=O) groups is 4. The highest BCUT2D eigenvalue weighted by Gasteiger charge is 2.44. The number of hydrogen-bond donors (Lipinski definition) is 4. The van der Waals surface area contributed by atoms with E-state index >= 15 is 0 Å². The Bertz CT molecular complexity index is 1190. The first-order valence-corrected chi connectivity index (χ1v) is 16.3. The van der Waals surface area contributed by atoms with Gasteiger partial charge in [0.1, 0.15) is 17.2 Å². The second kappa shape index (κ2) is 15.9. The van der Waals surface area contributed by atoms with Crippen molar-refractivity contribution in [3.05, 3.63) is 35.4 Å². The minimum Gasteiger partial charge on any atom is -0.481 e. The summed E-state index contributed by atoms with van der Waals surface area (Å²) < 4.78 is 5.54. The number of amidine groups is 2. The molecule has 2 atom stereocenters. The predicted molar refractivity (Wildman–Crippen MR) is 165 cm³/mol. The molecule has 12 heteroatoms. The number of carbonyl (C=O) groups excluding carboxylic acids is 3. The van der Waals surface area contributed by atoms with Crippen molar-refractivity contribution in [1.29, 1.82) is 5.41 Å². The lowest BCUT2D eigenvalue weighted by molar-refractivity contribution is -0.150. The van der Waals surface area contributed by atoms with E-state index in [1.54, 1.807) is 24.3 Å². The lowest BCUT2D eigenvalue weighted by atomic mass is 9.98. The molecule has 2 amide bonds. The highest BCUT2D eigenvalue weighted by molar-refractivity contribution is 8.15. The molecule has 2 unspecified atom stereocenters. The molecule has 4 rings (SSSR count). The minimum absolute atomic E-state index is 0.0515. The van der Waals surface area contributed by atoms with Crippen molar-refractivity contribution in [2.24, 2.45) is 4.99 Å². The molecular formula is C31H43N5O6S.